The van der Waals surface area contributed by atoms with Gasteiger partial charge in [0.25, 0.3) is 0 Å². The van der Waals surface area contributed by atoms with Crippen LogP contribution in [0.25, 0.3) is 0 Å². The van der Waals surface area contributed by atoms with Gasteiger partial charge in [0.1, 0.15) is 5.60 Å². The Labute approximate surface area is 156 Å². The second kappa shape index (κ2) is 7.62. The lowest BCUT2D eigenvalue weighted by molar-refractivity contribution is -0.0431. The van der Waals surface area contributed by atoms with Gasteiger partial charge in [-0.25, -0.2) is 9.59 Å². The molecule has 3 fully saturated rings. The monoisotopic (exact) mass is 367 g/mol. The predicted octanol–water partition coefficient (Wildman–Crippen LogP) is 2.74. The van der Waals surface area contributed by atoms with Crippen molar-refractivity contribution in [3.05, 3.63) is 0 Å². The number of piperidine rings is 2. The first-order valence-corrected chi connectivity index (χ1v) is 10.1. The molecule has 0 radical (unpaired) electrons. The molecule has 0 bridgehead atoms. The third kappa shape index (κ3) is 3.50. The van der Waals surface area contributed by atoms with Crippen LogP contribution in [0.4, 0.5) is 9.59 Å². The first kappa shape index (κ1) is 19.3. The molecule has 26 heavy (non-hydrogen) atoms. The molecule has 3 atom stereocenters. The molecular weight excluding hydrogens is 334 g/mol. The molecule has 3 unspecified atom stereocenters. The summed E-state index contributed by atoms with van der Waals surface area (Å²) >= 11 is 0. The maximum atomic E-state index is 12.2. The lowest BCUT2D eigenvalue weighted by atomic mass is 9.82. The molecule has 3 rings (SSSR count). The minimum Gasteiger partial charge on any atom is -0.450 e. The number of carbonyl (C=O) groups excluding carboxylic acids is 2. The minimum atomic E-state index is -0.328. The van der Waals surface area contributed by atoms with E-state index >= 15 is 0 Å². The van der Waals surface area contributed by atoms with Crippen molar-refractivity contribution in [1.29, 1.82) is 0 Å². The number of rotatable bonds is 3. The molecule has 0 aromatic rings. The van der Waals surface area contributed by atoms with Gasteiger partial charge < -0.3 is 19.7 Å². The van der Waals surface area contributed by atoms with E-state index in [9.17, 15) is 9.59 Å². The van der Waals surface area contributed by atoms with Crippen molar-refractivity contribution in [2.24, 2.45) is 0 Å². The second-order valence-electron chi connectivity index (χ2n) is 8.02. The number of likely N-dealkylation sites (tertiary alicyclic amines) is 2. The highest BCUT2D eigenvalue weighted by Crippen LogP contribution is 2.37. The molecule has 0 saturated carbocycles. The summed E-state index contributed by atoms with van der Waals surface area (Å²) in [6, 6.07) is 0.940. The van der Waals surface area contributed by atoms with E-state index < -0.39 is 0 Å². The smallest absolute Gasteiger partial charge is 0.410 e. The molecule has 3 aliphatic rings. The molecule has 3 aliphatic heterocycles. The van der Waals surface area contributed by atoms with E-state index in [0.717, 1.165) is 45.2 Å². The van der Waals surface area contributed by atoms with E-state index in [1.165, 1.54) is 0 Å². The molecular formula is C19H33N3O4. The normalized spacial score (nSPS) is 34.5. The summed E-state index contributed by atoms with van der Waals surface area (Å²) in [5.74, 6) is 0. The van der Waals surface area contributed by atoms with Crippen LogP contribution in [0.1, 0.15) is 59.8 Å². The predicted molar refractivity (Wildman–Crippen MR) is 98.0 cm³/mol. The van der Waals surface area contributed by atoms with Crippen molar-refractivity contribution in [3.63, 3.8) is 0 Å². The Morgan fingerprint density at radius 3 is 2.38 bits per heavy atom. The third-order valence-electron chi connectivity index (χ3n) is 6.45. The van der Waals surface area contributed by atoms with Gasteiger partial charge in [-0.05, 0) is 40.0 Å². The van der Waals surface area contributed by atoms with E-state index in [1.807, 2.05) is 11.8 Å². The minimum absolute atomic E-state index is 0.126. The lowest BCUT2D eigenvalue weighted by Gasteiger charge is -2.48. The van der Waals surface area contributed by atoms with Crippen LogP contribution in [0.5, 0.6) is 0 Å². The third-order valence-corrected chi connectivity index (χ3v) is 6.45. The van der Waals surface area contributed by atoms with Crippen LogP contribution in [0.15, 0.2) is 0 Å². The van der Waals surface area contributed by atoms with Crippen LogP contribution in [-0.4, -0.2) is 71.5 Å². The number of nitrogens with zero attached hydrogens (tertiary/aromatic N) is 2. The van der Waals surface area contributed by atoms with Gasteiger partial charge in [-0.15, -0.1) is 0 Å². The molecule has 3 saturated heterocycles. The molecule has 0 aromatic heterocycles. The molecule has 1 spiro atoms. The van der Waals surface area contributed by atoms with Crippen molar-refractivity contribution in [1.82, 2.24) is 15.1 Å². The topological polar surface area (TPSA) is 71.1 Å². The van der Waals surface area contributed by atoms with Gasteiger partial charge in [0.2, 0.25) is 0 Å². The zero-order chi connectivity index (χ0) is 18.9. The second-order valence-corrected chi connectivity index (χ2v) is 8.02. The number of ether oxygens (including phenoxy) is 2. The van der Waals surface area contributed by atoms with Gasteiger partial charge in [0, 0.05) is 44.1 Å². The van der Waals surface area contributed by atoms with Crippen molar-refractivity contribution < 1.29 is 19.1 Å². The fourth-order valence-corrected chi connectivity index (χ4v) is 5.15. The lowest BCUT2D eigenvalue weighted by Crippen LogP contribution is -2.58. The quantitative estimate of drug-likeness (QED) is 0.830. The van der Waals surface area contributed by atoms with E-state index in [0.29, 0.717) is 12.6 Å². The Morgan fingerprint density at radius 1 is 1.23 bits per heavy atom. The van der Waals surface area contributed by atoms with Gasteiger partial charge in [0.15, 0.2) is 0 Å². The molecule has 7 nitrogen and oxygen atoms in total. The molecule has 148 valence electrons. The van der Waals surface area contributed by atoms with Crippen molar-refractivity contribution >= 4 is 12.2 Å². The van der Waals surface area contributed by atoms with Crippen molar-refractivity contribution in [3.8, 4) is 0 Å². The molecule has 0 aromatic carbocycles. The van der Waals surface area contributed by atoms with E-state index in [2.05, 4.69) is 31.0 Å². The summed E-state index contributed by atoms with van der Waals surface area (Å²) in [6.07, 6.45) is 4.12. The Bertz CT molecular complexity index is 521. The molecule has 1 N–H and O–H groups in total. The highest BCUT2D eigenvalue weighted by atomic mass is 16.6. The number of carbonyl (C=O) groups is 2. The summed E-state index contributed by atoms with van der Waals surface area (Å²) in [4.78, 5) is 28.3. The Hall–Kier alpha value is -1.50. The van der Waals surface area contributed by atoms with E-state index in [-0.39, 0.29) is 35.9 Å². The van der Waals surface area contributed by atoms with E-state index in [1.54, 1.807) is 0 Å². The standard InChI is InChI=1S/C19H33N3O4/c1-5-16-19(26-17(23)20-16)7-9-21(10-8-19)15-11-13(3)22(14(4)12-15)18(24)25-6-2/h13-16H,5-12H2,1-4H3,(H,20,23). The maximum Gasteiger partial charge on any atom is 0.410 e. The van der Waals surface area contributed by atoms with Gasteiger partial charge >= 0.3 is 12.2 Å². The van der Waals surface area contributed by atoms with Crippen LogP contribution in [0.2, 0.25) is 0 Å². The highest BCUT2D eigenvalue weighted by Gasteiger charge is 2.50. The first-order chi connectivity index (χ1) is 12.4. The van der Waals surface area contributed by atoms with Gasteiger partial charge in [0.05, 0.1) is 12.6 Å². The summed E-state index contributed by atoms with van der Waals surface area (Å²) in [7, 11) is 0. The van der Waals surface area contributed by atoms with Crippen LogP contribution in [0.3, 0.4) is 0 Å². The van der Waals surface area contributed by atoms with Crippen LogP contribution >= 0.6 is 0 Å². The van der Waals surface area contributed by atoms with Gasteiger partial charge in [-0.2, -0.15) is 0 Å². The van der Waals surface area contributed by atoms with Gasteiger partial charge in [-0.1, -0.05) is 6.92 Å². The summed E-state index contributed by atoms with van der Waals surface area (Å²) < 4.78 is 10.9. The first-order valence-electron chi connectivity index (χ1n) is 10.1. The molecule has 2 amide bonds. The van der Waals surface area contributed by atoms with Gasteiger partial charge in [-0.3, -0.25) is 4.90 Å². The van der Waals surface area contributed by atoms with Crippen molar-refractivity contribution in [2.75, 3.05) is 19.7 Å². The summed E-state index contributed by atoms with van der Waals surface area (Å²) in [5, 5.41) is 2.97. The zero-order valence-electron chi connectivity index (χ0n) is 16.5. The fourth-order valence-electron chi connectivity index (χ4n) is 5.15. The average molecular weight is 367 g/mol. The molecule has 3 heterocycles. The number of nitrogens with one attached hydrogen (secondary N) is 1. The fraction of sp³-hybridized carbons (Fsp3) is 0.895. The highest BCUT2D eigenvalue weighted by molar-refractivity contribution is 5.71. The summed E-state index contributed by atoms with van der Waals surface area (Å²) in [5.41, 5.74) is -0.328. The van der Waals surface area contributed by atoms with Crippen LogP contribution in [-0.2, 0) is 9.47 Å². The Balaban J connectivity index is 1.59. The Morgan fingerprint density at radius 2 is 1.85 bits per heavy atom. The number of hydrogen-bond donors (Lipinski definition) is 1. The molecule has 0 aliphatic carbocycles. The summed E-state index contributed by atoms with van der Waals surface area (Å²) in [6.45, 7) is 10.5. The number of hydrogen-bond acceptors (Lipinski definition) is 5. The number of alkyl carbamates (subject to hydrolysis) is 1. The maximum absolute atomic E-state index is 12.2. The number of amides is 2. The zero-order valence-corrected chi connectivity index (χ0v) is 16.5. The Kier molecular flexibility index (Phi) is 5.65. The van der Waals surface area contributed by atoms with Crippen LogP contribution in [0, 0.1) is 0 Å². The molecule has 7 heteroatoms. The average Bonchev–Trinajstić information content (AvgIpc) is 2.90. The van der Waals surface area contributed by atoms with Crippen molar-refractivity contribution in [2.45, 2.75) is 89.6 Å². The van der Waals surface area contributed by atoms with E-state index in [4.69, 9.17) is 9.47 Å². The largest absolute Gasteiger partial charge is 0.450 e. The SMILES string of the molecule is CCOC(=O)N1C(C)CC(N2CCC3(CC2)OC(=O)NC3CC)CC1C. The van der Waals surface area contributed by atoms with Crippen LogP contribution < -0.4 is 5.32 Å².